The molecule has 2 heterocycles. The van der Waals surface area contributed by atoms with Crippen molar-refractivity contribution in [3.05, 3.63) is 87.9 Å². The molecule has 3 aliphatic rings. The van der Waals surface area contributed by atoms with Crippen molar-refractivity contribution in [2.45, 2.75) is 58.8 Å². The predicted octanol–water partition coefficient (Wildman–Crippen LogP) is 6.77. The lowest BCUT2D eigenvalue weighted by molar-refractivity contribution is -0.124. The van der Waals surface area contributed by atoms with Gasteiger partial charge in [0.15, 0.2) is 5.83 Å². The Morgan fingerprint density at radius 2 is 1.88 bits per heavy atom. The summed E-state index contributed by atoms with van der Waals surface area (Å²) in [6.45, 7) is 13.1. The Balaban J connectivity index is 1.49. The van der Waals surface area contributed by atoms with E-state index in [1.54, 1.807) is 38.4 Å². The molecule has 0 atom stereocenters. The number of aliphatic imine (C=N–C) groups is 3. The van der Waals surface area contributed by atoms with Crippen molar-refractivity contribution >= 4 is 40.4 Å². The third kappa shape index (κ3) is 9.30. The van der Waals surface area contributed by atoms with E-state index in [0.29, 0.717) is 71.7 Å². The number of unbranched alkanes of at least 4 members (excludes halogenated alkanes) is 2. The summed E-state index contributed by atoms with van der Waals surface area (Å²) >= 11 is 0. The molecule has 0 spiro atoms. The molecule has 1 saturated heterocycles. The van der Waals surface area contributed by atoms with Crippen LogP contribution in [-0.4, -0.2) is 105 Å². The highest BCUT2D eigenvalue weighted by Gasteiger charge is 2.28. The van der Waals surface area contributed by atoms with Gasteiger partial charge in [-0.15, -0.1) is 0 Å². The number of rotatable bonds is 14. The van der Waals surface area contributed by atoms with Gasteiger partial charge in [-0.3, -0.25) is 14.8 Å². The van der Waals surface area contributed by atoms with Crippen molar-refractivity contribution in [1.82, 2.24) is 14.7 Å². The summed E-state index contributed by atoms with van der Waals surface area (Å²) in [6, 6.07) is 7.12. The lowest BCUT2D eigenvalue weighted by atomic mass is 9.87. The molecule has 1 aliphatic carbocycles. The quantitative estimate of drug-likeness (QED) is 0.132. The van der Waals surface area contributed by atoms with Gasteiger partial charge in [-0.2, -0.15) is 0 Å². The van der Waals surface area contributed by atoms with Crippen LogP contribution in [0.15, 0.2) is 80.4 Å². The van der Waals surface area contributed by atoms with Gasteiger partial charge in [-0.25, -0.2) is 13.8 Å². The summed E-state index contributed by atoms with van der Waals surface area (Å²) in [5.74, 6) is -0.746. The van der Waals surface area contributed by atoms with Gasteiger partial charge in [-0.05, 0) is 124 Å². The number of likely N-dealkylation sites (N-methyl/N-ethyl adjacent to an activating group) is 1. The van der Waals surface area contributed by atoms with Crippen molar-refractivity contribution in [3.63, 3.8) is 0 Å². The van der Waals surface area contributed by atoms with Crippen LogP contribution in [0.4, 0.5) is 8.78 Å². The van der Waals surface area contributed by atoms with Gasteiger partial charge in [0.2, 0.25) is 0 Å². The second-order valence-corrected chi connectivity index (χ2v) is 13.8. The third-order valence-electron chi connectivity index (χ3n) is 9.77. The molecule has 2 aromatic carbocycles. The fourth-order valence-corrected chi connectivity index (χ4v) is 7.16. The van der Waals surface area contributed by atoms with Gasteiger partial charge in [-0.1, -0.05) is 31.2 Å². The zero-order valence-corrected chi connectivity index (χ0v) is 31.2. The number of nitrogens with zero attached hydrogens (tertiary/aromatic N) is 6. The highest BCUT2D eigenvalue weighted by molar-refractivity contribution is 6.21. The number of carbonyl (C=O) groups is 1. The number of likely N-dealkylation sites (tertiary alicyclic amines) is 1. The number of ether oxygens (including phenoxy) is 1. The molecule has 0 saturated carbocycles. The number of hydrogen-bond donors (Lipinski definition) is 1. The molecule has 2 aromatic rings. The molecule has 11 heteroatoms. The molecule has 52 heavy (non-hydrogen) atoms. The minimum atomic E-state index is -0.546. The summed E-state index contributed by atoms with van der Waals surface area (Å²) < 4.78 is 38.2. The van der Waals surface area contributed by atoms with Crippen LogP contribution in [0.1, 0.15) is 62.1 Å². The molecule has 0 aromatic heterocycles. The number of benzene rings is 2. The lowest BCUT2D eigenvalue weighted by Gasteiger charge is -2.27. The minimum Gasteiger partial charge on any atom is -0.394 e. The van der Waals surface area contributed by atoms with Crippen LogP contribution < -0.4 is 5.73 Å². The first kappa shape index (κ1) is 38.7. The number of fused-ring (bicyclic) bond motifs is 1. The first-order valence-corrected chi connectivity index (χ1v) is 18.5. The lowest BCUT2D eigenvalue weighted by Crippen LogP contribution is -2.32. The average Bonchev–Trinajstić information content (AvgIpc) is 3.55. The monoisotopic (exact) mass is 713 g/mol. The van der Waals surface area contributed by atoms with Gasteiger partial charge in [0, 0.05) is 44.9 Å². The Labute approximate surface area is 307 Å². The predicted molar refractivity (Wildman–Crippen MR) is 209 cm³/mol. The van der Waals surface area contributed by atoms with Crippen molar-refractivity contribution < 1.29 is 18.3 Å². The number of halogens is 2. The first-order valence-electron chi connectivity index (χ1n) is 18.5. The Morgan fingerprint density at radius 1 is 1.10 bits per heavy atom. The zero-order chi connectivity index (χ0) is 37.2. The fraction of sp³-hybridized carbons (Fsp3) is 0.463. The van der Waals surface area contributed by atoms with Crippen molar-refractivity contribution in [3.8, 4) is 0 Å². The summed E-state index contributed by atoms with van der Waals surface area (Å²) in [6.07, 6.45) is 11.9. The van der Waals surface area contributed by atoms with Crippen LogP contribution in [0.25, 0.3) is 16.3 Å². The van der Waals surface area contributed by atoms with Crippen LogP contribution in [0.3, 0.4) is 0 Å². The fourth-order valence-electron chi connectivity index (χ4n) is 7.16. The smallest absolute Gasteiger partial charge is 0.269 e. The Bertz CT molecular complexity index is 1830. The molecular formula is C41H53F2N7O2. The van der Waals surface area contributed by atoms with Crippen LogP contribution >= 0.6 is 0 Å². The standard InChI is InChI=1S/C41H53F2N7O2/c1-6-31-35(42)16-13-29-23-28(2)24-34(37(29)31)32-14-15-33(39(38(32)43)47-27-52-22-11-7-8-18-49-19-9-10-20-49)40(45-3)50-21-12-17-46-30(26-50)25-36(44)41(51)48(4)5/h13-16,23-25H,3,6-12,17-22,26-27,44H2,1-2,4-5H3/b36-25-,40-33+,47-39+. The maximum Gasteiger partial charge on any atom is 0.269 e. The van der Waals surface area contributed by atoms with E-state index in [-0.39, 0.29) is 36.4 Å². The minimum absolute atomic E-state index is 0.0358. The van der Waals surface area contributed by atoms with Gasteiger partial charge >= 0.3 is 0 Å². The van der Waals surface area contributed by atoms with E-state index in [0.717, 1.165) is 36.8 Å². The van der Waals surface area contributed by atoms with Crippen LogP contribution in [0.2, 0.25) is 0 Å². The van der Waals surface area contributed by atoms with Crippen molar-refractivity contribution in [2.75, 3.05) is 66.7 Å². The van der Waals surface area contributed by atoms with E-state index >= 15 is 8.78 Å². The highest BCUT2D eigenvalue weighted by Crippen LogP contribution is 2.38. The molecule has 0 unspecified atom stereocenters. The molecular weight excluding hydrogens is 660 g/mol. The molecule has 1 amide bonds. The van der Waals surface area contributed by atoms with E-state index in [9.17, 15) is 4.79 Å². The van der Waals surface area contributed by atoms with Crippen LogP contribution in [-0.2, 0) is 16.0 Å². The third-order valence-corrected chi connectivity index (χ3v) is 9.77. The molecule has 9 nitrogen and oxygen atoms in total. The molecule has 278 valence electrons. The SMILES string of the molecule is C=N/C(=C1/C=CC(c2cc(C)cc3ccc(F)c(CC)c23)=C(F)/C1=N/COCCCCCN1CCCC1)N1CCCN=C(/C=C(\N)C(=O)N(C)C)C1. The maximum absolute atomic E-state index is 17.2. The molecule has 5 rings (SSSR count). The zero-order valence-electron chi connectivity index (χ0n) is 31.2. The van der Waals surface area contributed by atoms with Gasteiger partial charge < -0.3 is 25.2 Å². The normalized spacial score (nSPS) is 19.0. The van der Waals surface area contributed by atoms with Crippen LogP contribution in [0, 0.1) is 12.7 Å². The number of aryl methyl sites for hydroxylation is 2. The van der Waals surface area contributed by atoms with Crippen LogP contribution in [0.5, 0.6) is 0 Å². The second kappa shape index (κ2) is 18.3. The average molecular weight is 714 g/mol. The molecule has 0 radical (unpaired) electrons. The van der Waals surface area contributed by atoms with Gasteiger partial charge in [0.05, 0.1) is 18.0 Å². The second-order valence-electron chi connectivity index (χ2n) is 13.8. The van der Waals surface area contributed by atoms with Crippen molar-refractivity contribution in [1.29, 1.82) is 0 Å². The van der Waals surface area contributed by atoms with E-state index in [1.165, 1.54) is 36.9 Å². The van der Waals surface area contributed by atoms with E-state index in [2.05, 4.69) is 21.6 Å². The summed E-state index contributed by atoms with van der Waals surface area (Å²) in [5.41, 5.74) is 9.75. The molecule has 2 N–H and O–H groups in total. The number of nitrogens with two attached hydrogens (primary N) is 1. The molecule has 0 bridgehead atoms. The van der Waals surface area contributed by atoms with Gasteiger partial charge in [0.1, 0.15) is 24.1 Å². The maximum atomic E-state index is 17.2. The summed E-state index contributed by atoms with van der Waals surface area (Å²) in [5, 5.41) is 1.53. The Hall–Kier alpha value is -4.48. The molecule has 2 aliphatic heterocycles. The number of allylic oxidation sites excluding steroid dienone is 5. The Kier molecular flexibility index (Phi) is 13.7. The Morgan fingerprint density at radius 3 is 2.62 bits per heavy atom. The topological polar surface area (TPSA) is 99.1 Å². The van der Waals surface area contributed by atoms with E-state index in [4.69, 9.17) is 15.5 Å². The number of amides is 1. The first-order chi connectivity index (χ1) is 25.1. The van der Waals surface area contributed by atoms with E-state index < -0.39 is 5.83 Å². The molecule has 1 fully saturated rings. The number of carbonyl (C=O) groups excluding carboxylic acids is 1. The summed E-state index contributed by atoms with van der Waals surface area (Å²) in [4.78, 5) is 32.1. The van der Waals surface area contributed by atoms with E-state index in [1.807, 2.05) is 30.9 Å². The summed E-state index contributed by atoms with van der Waals surface area (Å²) in [7, 11) is 3.28. The largest absolute Gasteiger partial charge is 0.394 e. The highest BCUT2D eigenvalue weighted by atomic mass is 19.1. The van der Waals surface area contributed by atoms with Crippen molar-refractivity contribution in [2.24, 2.45) is 20.7 Å². The number of hydrogen-bond acceptors (Lipinski definition) is 8. The van der Waals surface area contributed by atoms with Gasteiger partial charge in [0.25, 0.3) is 5.91 Å².